The molecule has 9 heteroatoms. The molecule has 0 heterocycles. The lowest BCUT2D eigenvalue weighted by Crippen LogP contribution is -2.31. The quantitative estimate of drug-likeness (QED) is 0.403. The summed E-state index contributed by atoms with van der Waals surface area (Å²) in [6.45, 7) is -0.295. The first-order valence-electron chi connectivity index (χ1n) is 8.57. The van der Waals surface area contributed by atoms with Gasteiger partial charge in [0.25, 0.3) is 0 Å². The molecule has 7 nitrogen and oxygen atoms in total. The molecule has 146 valence electrons. The highest BCUT2D eigenvalue weighted by molar-refractivity contribution is 7.89. The summed E-state index contributed by atoms with van der Waals surface area (Å²) in [5.41, 5.74) is 1.18. The Labute approximate surface area is 164 Å². The molecule has 3 rings (SSSR count). The molecule has 3 N–H and O–H groups in total. The van der Waals surface area contributed by atoms with E-state index in [0.717, 1.165) is 11.1 Å². The van der Waals surface area contributed by atoms with Gasteiger partial charge in [0.2, 0.25) is 10.0 Å². The normalized spacial score (nSPS) is 11.4. The molecule has 0 aliphatic carbocycles. The number of anilines is 1. The molecule has 0 fully saturated rings. The van der Waals surface area contributed by atoms with Gasteiger partial charge >= 0.3 is 7.12 Å². The van der Waals surface area contributed by atoms with E-state index in [1.54, 1.807) is 30.3 Å². The molecule has 0 atom stereocenters. The maximum Gasteiger partial charge on any atom is 0.488 e. The molecule has 0 saturated heterocycles. The number of sulfonamides is 1. The number of benzene rings is 3. The van der Waals surface area contributed by atoms with Crippen LogP contribution in [0, 0.1) is 0 Å². The number of nitrogens with one attached hydrogen (secondary N) is 1. The van der Waals surface area contributed by atoms with Crippen molar-refractivity contribution in [2.75, 3.05) is 25.7 Å². The minimum Gasteiger partial charge on any atom is -0.477 e. The van der Waals surface area contributed by atoms with E-state index in [4.69, 9.17) is 4.74 Å². The first-order valence-corrected chi connectivity index (χ1v) is 10.1. The van der Waals surface area contributed by atoms with Crippen LogP contribution in [-0.2, 0) is 10.0 Å². The zero-order chi connectivity index (χ0) is 20.3. The van der Waals surface area contributed by atoms with Crippen molar-refractivity contribution < 1.29 is 23.2 Å². The van der Waals surface area contributed by atoms with Crippen LogP contribution in [0.2, 0.25) is 0 Å². The lowest BCUT2D eigenvalue weighted by atomic mass is 9.80. The van der Waals surface area contributed by atoms with Crippen molar-refractivity contribution in [3.63, 3.8) is 0 Å². The van der Waals surface area contributed by atoms with Gasteiger partial charge in [-0.3, -0.25) is 0 Å². The second-order valence-electron chi connectivity index (χ2n) is 6.41. The Balaban J connectivity index is 1.82. The molecule has 0 spiro atoms. The Bertz CT molecular complexity index is 1090. The fraction of sp³-hybridized carbons (Fsp3) is 0.158. The molecular formula is C19H21BN2O5S. The lowest BCUT2D eigenvalue weighted by Gasteiger charge is -2.17. The van der Waals surface area contributed by atoms with Crippen molar-refractivity contribution in [2.24, 2.45) is 0 Å². The van der Waals surface area contributed by atoms with Crippen LogP contribution in [0.5, 0.6) is 5.75 Å². The van der Waals surface area contributed by atoms with Crippen molar-refractivity contribution in [3.8, 4) is 5.75 Å². The molecule has 0 aliphatic rings. The molecule has 0 aliphatic heterocycles. The van der Waals surface area contributed by atoms with Crippen LogP contribution in [0.15, 0.2) is 65.6 Å². The smallest absolute Gasteiger partial charge is 0.477 e. The highest BCUT2D eigenvalue weighted by Gasteiger charge is 2.18. The van der Waals surface area contributed by atoms with E-state index in [0.29, 0.717) is 11.1 Å². The van der Waals surface area contributed by atoms with E-state index in [-0.39, 0.29) is 17.1 Å². The largest absolute Gasteiger partial charge is 0.488 e. The monoisotopic (exact) mass is 400 g/mol. The summed E-state index contributed by atoms with van der Waals surface area (Å²) in [5.74, 6) is 0.320. The summed E-state index contributed by atoms with van der Waals surface area (Å²) in [5, 5.41) is 19.8. The Morgan fingerprint density at radius 1 is 1.00 bits per heavy atom. The van der Waals surface area contributed by atoms with Crippen molar-refractivity contribution in [2.45, 2.75) is 4.90 Å². The van der Waals surface area contributed by atoms with Crippen LogP contribution in [0.3, 0.4) is 0 Å². The molecule has 3 aromatic rings. The minimum atomic E-state index is -3.82. The maximum absolute atomic E-state index is 12.8. The van der Waals surface area contributed by atoms with Gasteiger partial charge in [-0.05, 0) is 29.7 Å². The van der Waals surface area contributed by atoms with Gasteiger partial charge < -0.3 is 19.7 Å². The van der Waals surface area contributed by atoms with Gasteiger partial charge in [0.15, 0.2) is 6.73 Å². The number of fused-ring (bicyclic) bond motifs is 1. The molecule has 0 aromatic heterocycles. The van der Waals surface area contributed by atoms with Gasteiger partial charge in [0.05, 0.1) is 4.90 Å². The van der Waals surface area contributed by atoms with E-state index >= 15 is 0 Å². The Hall–Kier alpha value is -2.59. The van der Waals surface area contributed by atoms with E-state index < -0.39 is 17.1 Å². The highest BCUT2D eigenvalue weighted by atomic mass is 32.2. The molecule has 0 amide bonds. The van der Waals surface area contributed by atoms with Gasteiger partial charge in [0.1, 0.15) is 5.75 Å². The molecule has 0 bridgehead atoms. The summed E-state index contributed by atoms with van der Waals surface area (Å²) in [6.07, 6.45) is 0. The van der Waals surface area contributed by atoms with Gasteiger partial charge in [-0.2, -0.15) is 4.72 Å². The molecule has 3 aromatic carbocycles. The Kier molecular flexibility index (Phi) is 5.90. The van der Waals surface area contributed by atoms with Gasteiger partial charge in [-0.25, -0.2) is 8.42 Å². The Morgan fingerprint density at radius 3 is 2.39 bits per heavy atom. The first-order chi connectivity index (χ1) is 13.3. The average Bonchev–Trinajstić information content (AvgIpc) is 2.67. The highest BCUT2D eigenvalue weighted by Crippen LogP contribution is 2.30. The van der Waals surface area contributed by atoms with Crippen LogP contribution >= 0.6 is 0 Å². The summed E-state index contributed by atoms with van der Waals surface area (Å²) in [7, 11) is -1.64. The number of rotatable bonds is 7. The van der Waals surface area contributed by atoms with Crippen LogP contribution in [-0.4, -0.2) is 46.4 Å². The summed E-state index contributed by atoms with van der Waals surface area (Å²) in [6, 6.07) is 16.8. The van der Waals surface area contributed by atoms with E-state index in [1.807, 2.05) is 37.2 Å². The Morgan fingerprint density at radius 2 is 1.68 bits per heavy atom. The third kappa shape index (κ3) is 4.28. The zero-order valence-corrected chi connectivity index (χ0v) is 16.3. The van der Waals surface area contributed by atoms with Crippen LogP contribution < -0.4 is 19.8 Å². The lowest BCUT2D eigenvalue weighted by molar-refractivity contribution is 0.311. The molecule has 0 unspecified atom stereocenters. The van der Waals surface area contributed by atoms with Crippen molar-refractivity contribution >= 4 is 39.1 Å². The fourth-order valence-electron chi connectivity index (χ4n) is 2.92. The van der Waals surface area contributed by atoms with Gasteiger partial charge in [-0.15, -0.1) is 0 Å². The van der Waals surface area contributed by atoms with Crippen LogP contribution in [0.1, 0.15) is 0 Å². The number of hydrogen-bond acceptors (Lipinski definition) is 6. The van der Waals surface area contributed by atoms with Crippen molar-refractivity contribution in [1.82, 2.24) is 4.72 Å². The average molecular weight is 400 g/mol. The summed E-state index contributed by atoms with van der Waals surface area (Å²) in [4.78, 5) is 2.09. The predicted octanol–water partition coefficient (Wildman–Crippen LogP) is 0.900. The SMILES string of the molecule is CN(C)c1cccc2c(S(=O)(=O)NCOc3cccc(B(O)O)c3)cccc12. The number of hydrogen-bond donors (Lipinski definition) is 3. The third-order valence-electron chi connectivity index (χ3n) is 4.27. The number of ether oxygens (including phenoxy) is 1. The fourth-order valence-corrected chi connectivity index (χ4v) is 4.02. The number of nitrogens with zero attached hydrogens (tertiary/aromatic N) is 1. The first kappa shape index (κ1) is 20.2. The minimum absolute atomic E-state index is 0.164. The second-order valence-corrected chi connectivity index (χ2v) is 8.14. The summed E-state index contributed by atoms with van der Waals surface area (Å²) >= 11 is 0. The third-order valence-corrected chi connectivity index (χ3v) is 5.71. The van der Waals surface area contributed by atoms with Crippen LogP contribution in [0.25, 0.3) is 10.8 Å². The predicted molar refractivity (Wildman–Crippen MR) is 110 cm³/mol. The summed E-state index contributed by atoms with van der Waals surface area (Å²) < 4.78 is 33.4. The topological polar surface area (TPSA) is 99.1 Å². The molecule has 0 saturated carbocycles. The molecule has 28 heavy (non-hydrogen) atoms. The van der Waals surface area contributed by atoms with Crippen molar-refractivity contribution in [3.05, 3.63) is 60.7 Å². The molecular weight excluding hydrogens is 379 g/mol. The van der Waals surface area contributed by atoms with E-state index in [2.05, 4.69) is 4.72 Å². The van der Waals surface area contributed by atoms with E-state index in [1.165, 1.54) is 12.1 Å². The van der Waals surface area contributed by atoms with Gasteiger partial charge in [-0.1, -0.05) is 36.4 Å². The second kappa shape index (κ2) is 8.20. The standard InChI is InChI=1S/C19H21BN2O5S/c1-22(2)18-10-4-9-17-16(18)8-5-11-19(17)28(25,26)21-13-27-15-7-3-6-14(12-15)20(23)24/h3-12,21,23-24H,13H2,1-2H3. The van der Waals surface area contributed by atoms with Gasteiger partial charge in [0, 0.05) is 30.6 Å². The zero-order valence-electron chi connectivity index (χ0n) is 15.5. The maximum atomic E-state index is 12.8. The van der Waals surface area contributed by atoms with E-state index in [9.17, 15) is 18.5 Å². The van der Waals surface area contributed by atoms with Crippen molar-refractivity contribution in [1.29, 1.82) is 0 Å². The molecule has 0 radical (unpaired) electrons. The van der Waals surface area contributed by atoms with Crippen LogP contribution in [0.4, 0.5) is 5.69 Å².